The highest BCUT2D eigenvalue weighted by Crippen LogP contribution is 2.35. The Hall–Kier alpha value is -3.30. The molecule has 0 saturated carbocycles. The van der Waals surface area contributed by atoms with Crippen molar-refractivity contribution in [2.24, 2.45) is 0 Å². The molecule has 1 amide bonds. The van der Waals surface area contributed by atoms with Crippen LogP contribution in [0.1, 0.15) is 52.2 Å². The molecule has 2 heterocycles. The molecule has 0 aliphatic carbocycles. The van der Waals surface area contributed by atoms with Gasteiger partial charge in [-0.15, -0.1) is 5.10 Å². The van der Waals surface area contributed by atoms with Crippen molar-refractivity contribution in [1.29, 1.82) is 0 Å². The van der Waals surface area contributed by atoms with E-state index in [-0.39, 0.29) is 39.4 Å². The van der Waals surface area contributed by atoms with Gasteiger partial charge in [-0.2, -0.15) is 5.10 Å². The number of nitrogens with zero attached hydrogens (tertiary/aromatic N) is 3. The molecule has 1 unspecified atom stereocenters. The maximum atomic E-state index is 13.9. The number of carbonyl (C=O) groups excluding carboxylic acids is 2. The molecule has 0 aliphatic rings. The van der Waals surface area contributed by atoms with E-state index in [0.717, 1.165) is 6.07 Å². The van der Waals surface area contributed by atoms with Crippen LogP contribution in [0.4, 0.5) is 10.1 Å². The second-order valence-corrected chi connectivity index (χ2v) is 7.59. The van der Waals surface area contributed by atoms with Crippen molar-refractivity contribution in [3.05, 3.63) is 75.0 Å². The summed E-state index contributed by atoms with van der Waals surface area (Å²) in [6.07, 6.45) is 0.582. The molecule has 1 aromatic carbocycles. The number of halogens is 3. The van der Waals surface area contributed by atoms with Gasteiger partial charge in [0.2, 0.25) is 0 Å². The molecular weight excluding hydrogens is 474 g/mol. The number of esters is 1. The second kappa shape index (κ2) is 10.5. The summed E-state index contributed by atoms with van der Waals surface area (Å²) in [5, 5.41) is 10.5. The highest BCUT2D eigenvalue weighted by Gasteiger charge is 2.21. The van der Waals surface area contributed by atoms with Gasteiger partial charge in [0.25, 0.3) is 5.91 Å². The number of aromatic nitrogens is 3. The van der Waals surface area contributed by atoms with E-state index in [1.807, 2.05) is 0 Å². The molecule has 0 saturated heterocycles. The molecule has 8 nitrogen and oxygen atoms in total. The van der Waals surface area contributed by atoms with Gasteiger partial charge in [0.05, 0.1) is 23.5 Å². The minimum Gasteiger partial charge on any atom is -0.484 e. The van der Waals surface area contributed by atoms with Gasteiger partial charge in [-0.3, -0.25) is 4.79 Å². The molecule has 0 spiro atoms. The molecule has 1 atom stereocenters. The van der Waals surface area contributed by atoms with E-state index in [0.29, 0.717) is 11.4 Å². The van der Waals surface area contributed by atoms with Crippen LogP contribution < -0.4 is 10.1 Å². The quantitative estimate of drug-likeness (QED) is 0.357. The maximum Gasteiger partial charge on any atom is 0.356 e. The Kier molecular flexibility index (Phi) is 7.78. The summed E-state index contributed by atoms with van der Waals surface area (Å²) in [5.41, 5.74) is 1.10. The van der Waals surface area contributed by atoms with Gasteiger partial charge in [-0.25, -0.2) is 14.2 Å². The number of nitrogens with one attached hydrogen (secondary N) is 1. The molecule has 3 aromatic rings. The summed E-state index contributed by atoms with van der Waals surface area (Å²) in [6.45, 7) is 5.20. The zero-order chi connectivity index (χ0) is 24.1. The van der Waals surface area contributed by atoms with E-state index >= 15 is 0 Å². The van der Waals surface area contributed by atoms with Crippen molar-refractivity contribution >= 4 is 40.8 Å². The first-order valence-corrected chi connectivity index (χ1v) is 10.6. The van der Waals surface area contributed by atoms with E-state index in [1.54, 1.807) is 20.8 Å². The molecule has 2 aromatic heterocycles. The average Bonchev–Trinajstić information content (AvgIpc) is 2.78. The molecular formula is C22H19Cl2FN4O4. The van der Waals surface area contributed by atoms with Crippen molar-refractivity contribution in [3.63, 3.8) is 0 Å². The van der Waals surface area contributed by atoms with E-state index < -0.39 is 23.8 Å². The number of aryl methyl sites for hydroxylation is 1. The first-order chi connectivity index (χ1) is 15.7. The Labute approximate surface area is 199 Å². The summed E-state index contributed by atoms with van der Waals surface area (Å²) in [5.74, 6) is -1.52. The molecule has 11 heteroatoms. The number of hydrogen-bond acceptors (Lipinski definition) is 7. The first kappa shape index (κ1) is 24.3. The Balaban J connectivity index is 1.76. The Morgan fingerprint density at radius 2 is 1.91 bits per heavy atom. The zero-order valence-corrected chi connectivity index (χ0v) is 19.4. The fourth-order valence-electron chi connectivity index (χ4n) is 2.82. The monoisotopic (exact) mass is 492 g/mol. The Morgan fingerprint density at radius 3 is 2.58 bits per heavy atom. The predicted octanol–water partition coefficient (Wildman–Crippen LogP) is 5.19. The number of hydrogen-bond donors (Lipinski definition) is 1. The number of anilines is 1. The van der Waals surface area contributed by atoms with Gasteiger partial charge in [0, 0.05) is 16.7 Å². The standard InChI is InChI=1S/C22H19Cl2FN4O4/c1-4-32-22(31)16-8-5-13(10-26-16)27-21(30)17-9-18(11(2)28-29-17)33-12(3)19-14(23)6-7-15(25)20(19)24/h5-10,12H,4H2,1-3H3,(H,27,30). The SMILES string of the molecule is CCOC(=O)c1ccc(NC(=O)c2cc(OC(C)c3c(Cl)ccc(F)c3Cl)c(C)nn2)cn1. The number of benzene rings is 1. The van der Waals surface area contributed by atoms with Crippen molar-refractivity contribution < 1.29 is 23.5 Å². The minimum absolute atomic E-state index is 0.0336. The smallest absolute Gasteiger partial charge is 0.356 e. The van der Waals surface area contributed by atoms with E-state index in [4.69, 9.17) is 32.7 Å². The number of amides is 1. The van der Waals surface area contributed by atoms with Crippen LogP contribution in [-0.4, -0.2) is 33.7 Å². The largest absolute Gasteiger partial charge is 0.484 e. The summed E-state index contributed by atoms with van der Waals surface area (Å²) in [4.78, 5) is 28.3. The predicted molar refractivity (Wildman–Crippen MR) is 120 cm³/mol. The van der Waals surface area contributed by atoms with Crippen LogP contribution in [0.5, 0.6) is 5.75 Å². The highest BCUT2D eigenvalue weighted by atomic mass is 35.5. The van der Waals surface area contributed by atoms with Crippen LogP contribution in [0.15, 0.2) is 36.5 Å². The summed E-state index contributed by atoms with van der Waals surface area (Å²) in [7, 11) is 0. The molecule has 0 radical (unpaired) electrons. The molecule has 33 heavy (non-hydrogen) atoms. The molecule has 0 bridgehead atoms. The van der Waals surface area contributed by atoms with E-state index in [2.05, 4.69) is 20.5 Å². The molecule has 0 aliphatic heterocycles. The van der Waals surface area contributed by atoms with Gasteiger partial charge < -0.3 is 14.8 Å². The highest BCUT2D eigenvalue weighted by molar-refractivity contribution is 6.36. The van der Waals surface area contributed by atoms with Crippen LogP contribution in [0.3, 0.4) is 0 Å². The molecule has 172 valence electrons. The third-order valence-electron chi connectivity index (χ3n) is 4.46. The van der Waals surface area contributed by atoms with Crippen LogP contribution in [0.2, 0.25) is 10.0 Å². The average molecular weight is 493 g/mol. The zero-order valence-electron chi connectivity index (χ0n) is 17.9. The van der Waals surface area contributed by atoms with Crippen LogP contribution in [0, 0.1) is 12.7 Å². The third-order valence-corrected chi connectivity index (χ3v) is 5.17. The first-order valence-electron chi connectivity index (χ1n) is 9.80. The van der Waals surface area contributed by atoms with Gasteiger partial charge in [0.15, 0.2) is 5.69 Å². The maximum absolute atomic E-state index is 13.9. The summed E-state index contributed by atoms with van der Waals surface area (Å²) < 4.78 is 24.6. The Morgan fingerprint density at radius 1 is 1.15 bits per heavy atom. The van der Waals surface area contributed by atoms with Crippen molar-refractivity contribution in [3.8, 4) is 5.75 Å². The van der Waals surface area contributed by atoms with E-state index in [9.17, 15) is 14.0 Å². The van der Waals surface area contributed by atoms with Crippen molar-refractivity contribution in [1.82, 2.24) is 15.2 Å². The van der Waals surface area contributed by atoms with Gasteiger partial charge in [-0.05, 0) is 45.0 Å². The minimum atomic E-state index is -0.737. The lowest BCUT2D eigenvalue weighted by atomic mass is 10.1. The normalized spacial score (nSPS) is 11.6. The third kappa shape index (κ3) is 5.74. The number of carbonyl (C=O) groups is 2. The lowest BCUT2D eigenvalue weighted by Crippen LogP contribution is -2.16. The van der Waals surface area contributed by atoms with Gasteiger partial charge in [-0.1, -0.05) is 23.2 Å². The van der Waals surface area contributed by atoms with Gasteiger partial charge >= 0.3 is 5.97 Å². The molecule has 0 fully saturated rings. The lowest BCUT2D eigenvalue weighted by Gasteiger charge is -2.19. The lowest BCUT2D eigenvalue weighted by molar-refractivity contribution is 0.0519. The summed E-state index contributed by atoms with van der Waals surface area (Å²) in [6, 6.07) is 6.88. The molecule has 1 N–H and O–H groups in total. The number of rotatable bonds is 7. The van der Waals surface area contributed by atoms with Crippen molar-refractivity contribution in [2.45, 2.75) is 26.9 Å². The topological polar surface area (TPSA) is 103 Å². The Bertz CT molecular complexity index is 1190. The second-order valence-electron chi connectivity index (χ2n) is 6.80. The van der Waals surface area contributed by atoms with Crippen LogP contribution >= 0.6 is 23.2 Å². The fourth-order valence-corrected chi connectivity index (χ4v) is 3.50. The fraction of sp³-hybridized carbons (Fsp3) is 0.227. The van der Waals surface area contributed by atoms with Gasteiger partial charge in [0.1, 0.15) is 29.1 Å². The van der Waals surface area contributed by atoms with Crippen molar-refractivity contribution in [2.75, 3.05) is 11.9 Å². The summed E-state index contributed by atoms with van der Waals surface area (Å²) >= 11 is 12.2. The number of pyridine rings is 1. The molecule has 3 rings (SSSR count). The van der Waals surface area contributed by atoms with Crippen LogP contribution in [-0.2, 0) is 4.74 Å². The van der Waals surface area contributed by atoms with Crippen LogP contribution in [0.25, 0.3) is 0 Å². The number of ether oxygens (including phenoxy) is 2. The van der Waals surface area contributed by atoms with E-state index in [1.165, 1.54) is 30.5 Å².